The summed E-state index contributed by atoms with van der Waals surface area (Å²) in [6.07, 6.45) is 2.39. The zero-order valence-corrected chi connectivity index (χ0v) is 9.49. The lowest BCUT2D eigenvalue weighted by molar-refractivity contribution is -0.117. The van der Waals surface area contributed by atoms with Gasteiger partial charge in [-0.3, -0.25) is 19.7 Å². The minimum absolute atomic E-state index is 0.185. The Bertz CT molecular complexity index is 424. The zero-order chi connectivity index (χ0) is 13.2. The third-order valence-corrected chi connectivity index (χ3v) is 1.98. The van der Waals surface area contributed by atoms with Gasteiger partial charge in [-0.1, -0.05) is 22.1 Å². The molecular formula is C6H6N8O3S. The van der Waals surface area contributed by atoms with E-state index in [1.807, 2.05) is 0 Å². The highest BCUT2D eigenvalue weighted by Crippen LogP contribution is 2.06. The third kappa shape index (κ3) is 6.16. The van der Waals surface area contributed by atoms with Gasteiger partial charge in [-0.25, -0.2) is 0 Å². The molecule has 0 aliphatic carbocycles. The molecule has 0 aromatic carbocycles. The maximum absolute atomic E-state index is 10.1. The number of H-pyrrole nitrogens is 1. The lowest BCUT2D eigenvalue weighted by Gasteiger charge is -1.77. The van der Waals surface area contributed by atoms with Crippen molar-refractivity contribution >= 4 is 35.0 Å². The van der Waals surface area contributed by atoms with Crippen molar-refractivity contribution in [2.75, 3.05) is 5.75 Å². The number of carbonyl (C=O) groups is 3. The molecule has 12 heteroatoms. The lowest BCUT2D eigenvalue weighted by Crippen LogP contribution is -2.18. The van der Waals surface area contributed by atoms with Gasteiger partial charge in [0.1, 0.15) is 6.21 Å². The van der Waals surface area contributed by atoms with Crippen molar-refractivity contribution in [3.8, 4) is 0 Å². The Balaban J connectivity index is 0.000000137. The van der Waals surface area contributed by atoms with Gasteiger partial charge in [0.2, 0.25) is 5.91 Å². The molecule has 1 aromatic rings. The van der Waals surface area contributed by atoms with Crippen LogP contribution in [0.2, 0.25) is 0 Å². The molecule has 11 nitrogen and oxygen atoms in total. The maximum atomic E-state index is 10.1. The summed E-state index contributed by atoms with van der Waals surface area (Å²) >= 11 is 1.01. The molecule has 2 aliphatic heterocycles. The van der Waals surface area contributed by atoms with E-state index in [9.17, 15) is 14.4 Å². The number of aromatic amines is 1. The molecule has 1 fully saturated rings. The van der Waals surface area contributed by atoms with Crippen LogP contribution in [0.1, 0.15) is 0 Å². The van der Waals surface area contributed by atoms with Crippen LogP contribution >= 0.6 is 11.8 Å². The van der Waals surface area contributed by atoms with Gasteiger partial charge in [0.25, 0.3) is 5.24 Å². The highest BCUT2D eigenvalue weighted by atomic mass is 32.2. The summed E-state index contributed by atoms with van der Waals surface area (Å²) in [5, 5.41) is 23.2. The first kappa shape index (κ1) is 13.6. The van der Waals surface area contributed by atoms with E-state index in [4.69, 9.17) is 0 Å². The normalized spacial score (nSPS) is 15.7. The van der Waals surface area contributed by atoms with E-state index in [1.165, 1.54) is 6.33 Å². The van der Waals surface area contributed by atoms with Gasteiger partial charge in [-0.2, -0.15) is 5.21 Å². The van der Waals surface area contributed by atoms with Crippen LogP contribution in [0.25, 0.3) is 0 Å². The van der Waals surface area contributed by atoms with Crippen LogP contribution in [-0.4, -0.2) is 49.6 Å². The highest BCUT2D eigenvalue weighted by molar-refractivity contribution is 8.14. The topological polar surface area (TPSA) is 155 Å². The molecule has 2 aliphatic rings. The minimum atomic E-state index is -0.380. The Morgan fingerprint density at radius 2 is 2.11 bits per heavy atom. The number of tetrazole rings is 1. The number of imide groups is 1. The number of carbonyl (C=O) groups excluding carboxylic acids is 3. The summed E-state index contributed by atoms with van der Waals surface area (Å²) in [6.45, 7) is 0. The van der Waals surface area contributed by atoms with Crippen LogP contribution in [0.15, 0.2) is 21.8 Å². The number of amides is 3. The van der Waals surface area contributed by atoms with Crippen LogP contribution in [0.4, 0.5) is 4.79 Å². The molecular weight excluding hydrogens is 264 g/mol. The second-order valence-electron chi connectivity index (χ2n) is 2.46. The molecule has 1 saturated heterocycles. The van der Waals surface area contributed by atoms with Crippen LogP contribution in [0.3, 0.4) is 0 Å². The second kappa shape index (κ2) is 7.72. The van der Waals surface area contributed by atoms with Crippen LogP contribution in [-0.2, 0) is 9.59 Å². The molecule has 1 aromatic heterocycles. The number of rotatable bonds is 0. The minimum Gasteiger partial charge on any atom is -0.286 e. The molecule has 18 heavy (non-hydrogen) atoms. The van der Waals surface area contributed by atoms with Crippen molar-refractivity contribution in [3.05, 3.63) is 6.33 Å². The fourth-order valence-electron chi connectivity index (χ4n) is 0.617. The molecule has 3 heterocycles. The Morgan fingerprint density at radius 3 is 2.28 bits per heavy atom. The first-order chi connectivity index (χ1) is 8.68. The predicted molar refractivity (Wildman–Crippen MR) is 58.5 cm³/mol. The predicted octanol–water partition coefficient (Wildman–Crippen LogP) is -0.866. The molecule has 0 radical (unpaired) electrons. The smallest absolute Gasteiger partial charge is 0.286 e. The van der Waals surface area contributed by atoms with E-state index in [1.54, 1.807) is 0 Å². The van der Waals surface area contributed by atoms with Crippen molar-refractivity contribution in [3.63, 3.8) is 0 Å². The number of nitrogens with one attached hydrogen (secondary N) is 2. The molecule has 0 saturated carbocycles. The summed E-state index contributed by atoms with van der Waals surface area (Å²) in [7, 11) is 0. The van der Waals surface area contributed by atoms with Gasteiger partial charge in [-0.15, -0.1) is 15.3 Å². The molecule has 94 valence electrons. The van der Waals surface area contributed by atoms with Crippen molar-refractivity contribution in [2.24, 2.45) is 15.4 Å². The van der Waals surface area contributed by atoms with Crippen molar-refractivity contribution < 1.29 is 14.4 Å². The Morgan fingerprint density at radius 1 is 1.28 bits per heavy atom. The first-order valence-electron chi connectivity index (χ1n) is 4.29. The summed E-state index contributed by atoms with van der Waals surface area (Å²) in [5.41, 5.74) is 0. The lowest BCUT2D eigenvalue weighted by atomic mass is 10.7. The molecule has 2 N–H and O–H groups in total. The summed E-state index contributed by atoms with van der Waals surface area (Å²) in [5.74, 6) is -0.274. The summed E-state index contributed by atoms with van der Waals surface area (Å²) < 4.78 is 0. The average Bonchev–Trinajstić information content (AvgIpc) is 3.04. The fourth-order valence-corrected chi connectivity index (χ4v) is 1.14. The van der Waals surface area contributed by atoms with Crippen LogP contribution < -0.4 is 5.32 Å². The highest BCUT2D eigenvalue weighted by Gasteiger charge is 2.16. The van der Waals surface area contributed by atoms with Crippen molar-refractivity contribution in [1.29, 1.82) is 0 Å². The number of hydrogen-bond acceptors (Lipinski definition) is 9. The van der Waals surface area contributed by atoms with E-state index in [0.29, 0.717) is 5.75 Å². The molecule has 3 rings (SSSR count). The molecule has 0 atom stereocenters. The van der Waals surface area contributed by atoms with Gasteiger partial charge in [0, 0.05) is 0 Å². The molecule has 0 bridgehead atoms. The van der Waals surface area contributed by atoms with E-state index in [0.717, 1.165) is 18.0 Å². The SMILES string of the molecule is O=C1C=NN=N1.O=C1CSC(=O)N1.c1nn[nH]n1. The first-order valence-corrected chi connectivity index (χ1v) is 5.28. The summed E-state index contributed by atoms with van der Waals surface area (Å²) in [4.78, 5) is 30.0. The van der Waals surface area contributed by atoms with Gasteiger partial charge in [0.15, 0.2) is 6.33 Å². The maximum Gasteiger partial charge on any atom is 0.310 e. The van der Waals surface area contributed by atoms with Gasteiger partial charge < -0.3 is 0 Å². The standard InChI is InChI=1S/C3H3NO2S.C2HN3O.CH2N4/c5-2-1-7-3(6)4-2;6-2-1-3-5-4-2;1-2-4-5-3-1/h1H2,(H,4,5,6);1H;1H,(H,2,3,4,5). The van der Waals surface area contributed by atoms with Crippen LogP contribution in [0, 0.1) is 0 Å². The van der Waals surface area contributed by atoms with E-state index in [2.05, 4.69) is 41.4 Å². The fraction of sp³-hybridized carbons (Fsp3) is 0.167. The van der Waals surface area contributed by atoms with E-state index >= 15 is 0 Å². The van der Waals surface area contributed by atoms with E-state index < -0.39 is 0 Å². The Labute approximate surface area is 103 Å². The van der Waals surface area contributed by atoms with Crippen LogP contribution in [0.5, 0.6) is 0 Å². The molecule has 0 unspecified atom stereocenters. The second-order valence-corrected chi connectivity index (χ2v) is 3.40. The average molecular weight is 270 g/mol. The van der Waals surface area contributed by atoms with Crippen molar-refractivity contribution in [1.82, 2.24) is 25.9 Å². The van der Waals surface area contributed by atoms with Gasteiger partial charge in [-0.05, 0) is 5.22 Å². The number of aromatic nitrogens is 4. The van der Waals surface area contributed by atoms with E-state index in [-0.39, 0.29) is 17.1 Å². The number of thioether (sulfide) groups is 1. The monoisotopic (exact) mass is 270 g/mol. The number of nitrogens with zero attached hydrogens (tertiary/aromatic N) is 6. The molecule has 3 amide bonds. The third-order valence-electron chi connectivity index (χ3n) is 1.21. The Kier molecular flexibility index (Phi) is 5.82. The largest absolute Gasteiger partial charge is 0.310 e. The summed E-state index contributed by atoms with van der Waals surface area (Å²) in [6, 6.07) is 0. The van der Waals surface area contributed by atoms with Crippen molar-refractivity contribution in [2.45, 2.75) is 0 Å². The molecule has 0 spiro atoms. The number of hydrogen-bond donors (Lipinski definition) is 2. The van der Waals surface area contributed by atoms with Gasteiger partial charge >= 0.3 is 5.91 Å². The quantitative estimate of drug-likeness (QED) is 0.620. The Hall–Kier alpha value is -2.50. The zero-order valence-electron chi connectivity index (χ0n) is 8.68. The van der Waals surface area contributed by atoms with Gasteiger partial charge in [0.05, 0.1) is 5.75 Å².